The lowest BCUT2D eigenvalue weighted by Crippen LogP contribution is -2.40. The Morgan fingerprint density at radius 2 is 1.67 bits per heavy atom. The maximum absolute atomic E-state index is 12.7. The van der Waals surface area contributed by atoms with Crippen LogP contribution in [0.15, 0.2) is 73.1 Å². The molecular formula is C29H24ClN5O4. The van der Waals surface area contributed by atoms with Crippen molar-refractivity contribution in [3.8, 4) is 23.1 Å². The van der Waals surface area contributed by atoms with E-state index in [2.05, 4.69) is 27.2 Å². The Morgan fingerprint density at radius 3 is 2.31 bits per heavy atom. The molecule has 1 fully saturated rings. The van der Waals surface area contributed by atoms with E-state index in [1.807, 2.05) is 24.3 Å². The first kappa shape index (κ1) is 27.3. The number of hydrogen-bond acceptors (Lipinski definition) is 6. The van der Waals surface area contributed by atoms with Crippen LogP contribution in [0.5, 0.6) is 0 Å². The summed E-state index contributed by atoms with van der Waals surface area (Å²) >= 11 is 0. The van der Waals surface area contributed by atoms with Crippen LogP contribution in [0.4, 0.5) is 0 Å². The van der Waals surface area contributed by atoms with E-state index in [4.69, 9.17) is 5.84 Å². The van der Waals surface area contributed by atoms with Crippen LogP contribution in [-0.4, -0.2) is 50.3 Å². The quantitative estimate of drug-likeness (QED) is 0.156. The van der Waals surface area contributed by atoms with Crippen LogP contribution in [0.3, 0.4) is 0 Å². The summed E-state index contributed by atoms with van der Waals surface area (Å²) in [5.41, 5.74) is 6.55. The van der Waals surface area contributed by atoms with Gasteiger partial charge in [0, 0.05) is 46.6 Å². The molecule has 2 amide bonds. The molecule has 1 saturated heterocycles. The molecular weight excluding hydrogens is 518 g/mol. The van der Waals surface area contributed by atoms with Gasteiger partial charge in [-0.1, -0.05) is 24.0 Å². The van der Waals surface area contributed by atoms with Gasteiger partial charge in [0.25, 0.3) is 11.8 Å². The van der Waals surface area contributed by atoms with Crippen molar-refractivity contribution in [2.45, 2.75) is 18.9 Å². The molecule has 2 aromatic heterocycles. The molecule has 4 N–H and O–H groups in total. The number of benzene rings is 2. The van der Waals surface area contributed by atoms with Crippen molar-refractivity contribution in [1.29, 1.82) is 0 Å². The fourth-order valence-electron chi connectivity index (χ4n) is 4.48. The number of aliphatic carboxylic acids is 1. The van der Waals surface area contributed by atoms with Crippen LogP contribution in [0.2, 0.25) is 0 Å². The van der Waals surface area contributed by atoms with Crippen molar-refractivity contribution < 1.29 is 19.5 Å². The Kier molecular flexibility index (Phi) is 8.20. The van der Waals surface area contributed by atoms with E-state index < -0.39 is 17.9 Å². The number of amides is 2. The predicted molar refractivity (Wildman–Crippen MR) is 148 cm³/mol. The number of rotatable bonds is 4. The summed E-state index contributed by atoms with van der Waals surface area (Å²) in [6, 6.07) is 17.0. The Labute approximate surface area is 230 Å². The van der Waals surface area contributed by atoms with Crippen molar-refractivity contribution in [2.75, 3.05) is 6.54 Å². The van der Waals surface area contributed by atoms with E-state index in [0.717, 1.165) is 16.7 Å². The predicted octanol–water partition coefficient (Wildman–Crippen LogP) is 3.41. The van der Waals surface area contributed by atoms with Gasteiger partial charge in [-0.3, -0.25) is 20.0 Å². The van der Waals surface area contributed by atoms with Gasteiger partial charge in [0.05, 0.1) is 16.8 Å². The smallest absolute Gasteiger partial charge is 0.326 e. The lowest BCUT2D eigenvalue weighted by atomic mass is 10.0. The number of fused-ring (bicyclic) bond motifs is 1. The van der Waals surface area contributed by atoms with E-state index in [-0.39, 0.29) is 18.3 Å². The molecule has 1 aliphatic rings. The molecule has 10 heteroatoms. The van der Waals surface area contributed by atoms with E-state index in [1.165, 1.54) is 4.90 Å². The summed E-state index contributed by atoms with van der Waals surface area (Å²) in [6.07, 6.45) is 4.35. The molecule has 0 saturated carbocycles. The molecule has 0 aliphatic carbocycles. The number of nitrogens with zero attached hydrogens (tertiary/aromatic N) is 3. The number of likely N-dealkylation sites (tertiary alicyclic amines) is 1. The first-order chi connectivity index (χ1) is 18.4. The topological polar surface area (TPSA) is 139 Å². The zero-order valence-electron chi connectivity index (χ0n) is 20.6. The van der Waals surface area contributed by atoms with Gasteiger partial charge in [0.1, 0.15) is 6.04 Å². The molecule has 0 radical (unpaired) electrons. The number of nitrogens with two attached hydrogens (primary N) is 1. The summed E-state index contributed by atoms with van der Waals surface area (Å²) < 4.78 is 0. The molecule has 3 heterocycles. The zero-order valence-corrected chi connectivity index (χ0v) is 21.4. The molecule has 9 nitrogen and oxygen atoms in total. The van der Waals surface area contributed by atoms with E-state index in [0.29, 0.717) is 47.1 Å². The number of carbonyl (C=O) groups is 3. The molecule has 0 bridgehead atoms. The molecule has 5 rings (SSSR count). The lowest BCUT2D eigenvalue weighted by molar-refractivity contribution is -0.141. The highest BCUT2D eigenvalue weighted by Gasteiger charge is 2.34. The number of nitrogens with one attached hydrogen (secondary N) is 1. The molecule has 196 valence electrons. The first-order valence-electron chi connectivity index (χ1n) is 12.0. The highest BCUT2D eigenvalue weighted by Crippen LogP contribution is 2.25. The maximum Gasteiger partial charge on any atom is 0.326 e. The van der Waals surface area contributed by atoms with Crippen molar-refractivity contribution in [2.24, 2.45) is 5.84 Å². The molecule has 1 atom stereocenters. The van der Waals surface area contributed by atoms with E-state index in [1.54, 1.807) is 48.8 Å². The Hall–Kier alpha value is -4.78. The van der Waals surface area contributed by atoms with Crippen LogP contribution in [0.25, 0.3) is 22.2 Å². The molecule has 4 aromatic rings. The summed E-state index contributed by atoms with van der Waals surface area (Å²) in [4.78, 5) is 46.6. The summed E-state index contributed by atoms with van der Waals surface area (Å²) in [7, 11) is 0. The highest BCUT2D eigenvalue weighted by atomic mass is 35.5. The van der Waals surface area contributed by atoms with Gasteiger partial charge in [-0.05, 0) is 61.4 Å². The molecule has 0 unspecified atom stereocenters. The average Bonchev–Trinajstić information content (AvgIpc) is 3.46. The first-order valence-corrected chi connectivity index (χ1v) is 12.0. The summed E-state index contributed by atoms with van der Waals surface area (Å²) in [6.45, 7) is 0.445. The third-order valence-electron chi connectivity index (χ3n) is 6.45. The summed E-state index contributed by atoms with van der Waals surface area (Å²) in [5, 5.41) is 9.94. The fraction of sp³-hybridized carbons (Fsp3) is 0.138. The SMILES string of the molecule is Cl.NNC(=O)c1cc(-c2ccc(C#Cc3ccc(C(=O)N4CCC[C@H]4C(=O)O)cc3)cc2)nc2ccncc12. The van der Waals surface area contributed by atoms with Gasteiger partial charge >= 0.3 is 5.97 Å². The lowest BCUT2D eigenvalue weighted by Gasteiger charge is -2.21. The minimum atomic E-state index is -0.973. The van der Waals surface area contributed by atoms with Crippen molar-refractivity contribution in [1.82, 2.24) is 20.3 Å². The van der Waals surface area contributed by atoms with Crippen LogP contribution in [0, 0.1) is 11.8 Å². The highest BCUT2D eigenvalue weighted by molar-refractivity contribution is 6.06. The van der Waals surface area contributed by atoms with Crippen molar-refractivity contribution in [3.63, 3.8) is 0 Å². The monoisotopic (exact) mass is 541 g/mol. The van der Waals surface area contributed by atoms with Crippen LogP contribution in [0.1, 0.15) is 44.7 Å². The van der Waals surface area contributed by atoms with Gasteiger partial charge < -0.3 is 10.0 Å². The number of hydrazine groups is 1. The number of pyridine rings is 2. The number of carboxylic acid groups (broad SMARTS) is 1. The number of carbonyl (C=O) groups excluding carboxylic acids is 2. The zero-order chi connectivity index (χ0) is 26.6. The molecule has 0 spiro atoms. The third-order valence-corrected chi connectivity index (χ3v) is 6.45. The second kappa shape index (κ2) is 11.7. The maximum atomic E-state index is 12.7. The molecule has 2 aromatic carbocycles. The average molecular weight is 542 g/mol. The number of hydrogen-bond donors (Lipinski definition) is 3. The minimum Gasteiger partial charge on any atom is -0.480 e. The number of aromatic nitrogens is 2. The second-order valence-electron chi connectivity index (χ2n) is 8.82. The normalized spacial score (nSPS) is 14.2. The Morgan fingerprint density at radius 1 is 1.00 bits per heavy atom. The second-order valence-corrected chi connectivity index (χ2v) is 8.82. The largest absolute Gasteiger partial charge is 0.480 e. The molecule has 1 aliphatic heterocycles. The number of nitrogen functional groups attached to an aromatic ring is 1. The standard InChI is InChI=1S/C29H23N5O4.ClH/c30-33-27(35)22-16-25(32-24-13-14-31-17-23(22)24)20-9-5-18(6-10-20)3-4-19-7-11-21(12-8-19)28(36)34-15-1-2-26(34)29(37)38;/h5-14,16-17,26H,1-2,15,30H2,(H,33,35)(H,37,38);1H/t26-;/m0./s1. The van der Waals surface area contributed by atoms with Crippen LogP contribution >= 0.6 is 12.4 Å². The van der Waals surface area contributed by atoms with Gasteiger partial charge in [-0.15, -0.1) is 12.4 Å². The van der Waals surface area contributed by atoms with E-state index in [9.17, 15) is 19.5 Å². The minimum absolute atomic E-state index is 0. The summed E-state index contributed by atoms with van der Waals surface area (Å²) in [5.74, 6) is 9.86. The van der Waals surface area contributed by atoms with Crippen LogP contribution in [-0.2, 0) is 4.79 Å². The molecule has 39 heavy (non-hydrogen) atoms. The van der Waals surface area contributed by atoms with Gasteiger partial charge in [0.15, 0.2) is 0 Å². The van der Waals surface area contributed by atoms with Gasteiger partial charge in [-0.25, -0.2) is 15.6 Å². The Balaban J connectivity index is 0.00000353. The van der Waals surface area contributed by atoms with Crippen LogP contribution < -0.4 is 11.3 Å². The van der Waals surface area contributed by atoms with Gasteiger partial charge in [0.2, 0.25) is 0 Å². The third kappa shape index (κ3) is 5.72. The number of carboxylic acids is 1. The van der Waals surface area contributed by atoms with Gasteiger partial charge in [-0.2, -0.15) is 0 Å². The fourth-order valence-corrected chi connectivity index (χ4v) is 4.48. The van der Waals surface area contributed by atoms with E-state index >= 15 is 0 Å². The number of halogens is 1. The Bertz CT molecular complexity index is 1610. The van der Waals surface area contributed by atoms with Crippen molar-refractivity contribution >= 4 is 41.1 Å². The van der Waals surface area contributed by atoms with Crippen molar-refractivity contribution in [3.05, 3.63) is 95.3 Å².